The molecule has 64 valence electrons. The highest BCUT2D eigenvalue weighted by Gasteiger charge is 2.48. The standard InChI is InChI=1S/C4H4N2O4P2/c5-11-6-2(1-7)3(4(6)8)10-12-9/h1-3,5H/t2?,3-/m1/s1. The molecular formula is C4H4N2O4P2. The Bertz CT molecular complexity index is 245. The van der Waals surface area contributed by atoms with Gasteiger partial charge in [0.15, 0.2) is 6.10 Å². The molecule has 0 aromatic rings. The lowest BCUT2D eigenvalue weighted by molar-refractivity contribution is -0.153. The van der Waals surface area contributed by atoms with E-state index in [2.05, 4.69) is 4.52 Å². The molecule has 1 aliphatic heterocycles. The van der Waals surface area contributed by atoms with Crippen LogP contribution in [0.25, 0.3) is 0 Å². The number of hydrogen-bond donors (Lipinski definition) is 1. The van der Waals surface area contributed by atoms with E-state index in [0.29, 0.717) is 6.29 Å². The number of β-lactam (4-membered cyclic amide) rings is 1. The molecule has 1 rings (SSSR count). The van der Waals surface area contributed by atoms with E-state index >= 15 is 0 Å². The second-order valence-electron chi connectivity index (χ2n) is 2.01. The van der Waals surface area contributed by atoms with Crippen molar-refractivity contribution in [2.75, 3.05) is 0 Å². The van der Waals surface area contributed by atoms with E-state index in [1.807, 2.05) is 0 Å². The number of carbonyl (C=O) groups excluding carboxylic acids is 2. The van der Waals surface area contributed by atoms with Crippen molar-refractivity contribution in [2.24, 2.45) is 0 Å². The molecule has 1 amide bonds. The van der Waals surface area contributed by atoms with Gasteiger partial charge in [-0.1, -0.05) is 0 Å². The van der Waals surface area contributed by atoms with Crippen LogP contribution in [0.5, 0.6) is 0 Å². The number of amides is 1. The van der Waals surface area contributed by atoms with E-state index in [4.69, 9.17) is 5.16 Å². The summed E-state index contributed by atoms with van der Waals surface area (Å²) in [5.74, 6) is -0.480. The summed E-state index contributed by atoms with van der Waals surface area (Å²) in [5, 5.41) is 6.83. The highest BCUT2D eigenvalue weighted by Crippen LogP contribution is 2.30. The Kier molecular flexibility index (Phi) is 2.98. The molecule has 1 aliphatic rings. The first kappa shape index (κ1) is 9.39. The van der Waals surface area contributed by atoms with Crippen LogP contribution in [-0.2, 0) is 18.7 Å². The van der Waals surface area contributed by atoms with Crippen molar-refractivity contribution in [1.29, 1.82) is 5.16 Å². The lowest BCUT2D eigenvalue weighted by Crippen LogP contribution is -2.61. The molecule has 1 fully saturated rings. The molecule has 2 atom stereocenters. The Labute approximate surface area is 70.9 Å². The summed E-state index contributed by atoms with van der Waals surface area (Å²) in [7, 11) is -0.683. The number of carbonyl (C=O) groups is 2. The SMILES string of the molecule is N=PN1C(=O)[C@H](OP=O)C1C=O. The maximum absolute atomic E-state index is 10.9. The Hall–Kier alpha value is -0.700. The number of hydrogen-bond acceptors (Lipinski definition) is 5. The number of nitrogens with zero attached hydrogens (tertiary/aromatic N) is 1. The van der Waals surface area contributed by atoms with E-state index < -0.39 is 26.7 Å². The summed E-state index contributed by atoms with van der Waals surface area (Å²) in [6.45, 7) is 0. The van der Waals surface area contributed by atoms with Crippen LogP contribution in [0, 0.1) is 5.16 Å². The number of rotatable bonds is 4. The summed E-state index contributed by atoms with van der Waals surface area (Å²) in [6, 6.07) is -0.766. The summed E-state index contributed by atoms with van der Waals surface area (Å²) < 4.78 is 15.4. The highest BCUT2D eigenvalue weighted by atomic mass is 31.1. The van der Waals surface area contributed by atoms with Gasteiger partial charge in [-0.15, -0.1) is 0 Å². The van der Waals surface area contributed by atoms with Gasteiger partial charge in [0.2, 0.25) is 0 Å². The molecule has 0 spiro atoms. The predicted octanol–water partition coefficient (Wildman–Crippen LogP) is 0.612. The number of aldehydes is 1. The normalized spacial score (nSPS) is 29.0. The molecule has 1 N–H and O–H groups in total. The zero-order valence-corrected chi connectivity index (χ0v) is 7.50. The number of nitrogens with one attached hydrogen (secondary N) is 1. The fourth-order valence-electron chi connectivity index (χ4n) is 0.868. The molecular weight excluding hydrogens is 202 g/mol. The molecule has 0 aromatic carbocycles. The van der Waals surface area contributed by atoms with Gasteiger partial charge < -0.3 is 4.79 Å². The van der Waals surface area contributed by atoms with Crippen LogP contribution in [0.1, 0.15) is 0 Å². The zero-order chi connectivity index (χ0) is 9.14. The maximum Gasteiger partial charge on any atom is 0.328 e. The average Bonchev–Trinajstić information content (AvgIpc) is 2.09. The monoisotopic (exact) mass is 206 g/mol. The molecule has 8 heteroatoms. The molecule has 0 radical (unpaired) electrons. The van der Waals surface area contributed by atoms with E-state index in [1.54, 1.807) is 0 Å². The molecule has 1 heterocycles. The van der Waals surface area contributed by atoms with E-state index in [1.165, 1.54) is 0 Å². The molecule has 0 aliphatic carbocycles. The quantitative estimate of drug-likeness (QED) is 0.414. The highest BCUT2D eigenvalue weighted by molar-refractivity contribution is 7.23. The third-order valence-corrected chi connectivity index (χ3v) is 2.46. The first-order valence-corrected chi connectivity index (χ1v) is 4.48. The fraction of sp³-hybridized carbons (Fsp3) is 0.500. The summed E-state index contributed by atoms with van der Waals surface area (Å²) in [4.78, 5) is 21.2. The lowest BCUT2D eigenvalue weighted by atomic mass is 10.0. The second-order valence-corrected chi connectivity index (χ2v) is 3.00. The van der Waals surface area contributed by atoms with Crippen molar-refractivity contribution < 1.29 is 18.7 Å². The van der Waals surface area contributed by atoms with E-state index in [0.717, 1.165) is 4.67 Å². The van der Waals surface area contributed by atoms with Crippen LogP contribution in [-0.4, -0.2) is 29.0 Å². The lowest BCUT2D eigenvalue weighted by Gasteiger charge is -2.37. The van der Waals surface area contributed by atoms with Crippen LogP contribution in [0.4, 0.5) is 0 Å². The van der Waals surface area contributed by atoms with Crippen LogP contribution in [0.3, 0.4) is 0 Å². The Morgan fingerprint density at radius 1 is 1.67 bits per heavy atom. The Morgan fingerprint density at radius 3 is 2.75 bits per heavy atom. The van der Waals surface area contributed by atoms with Crippen LogP contribution < -0.4 is 0 Å². The Balaban J connectivity index is 2.67. The predicted molar refractivity (Wildman–Crippen MR) is 38.8 cm³/mol. The van der Waals surface area contributed by atoms with E-state index in [-0.39, 0.29) is 8.52 Å². The maximum atomic E-state index is 10.9. The minimum Gasteiger partial charge on any atom is -0.301 e. The third kappa shape index (κ3) is 1.29. The Morgan fingerprint density at radius 2 is 2.33 bits per heavy atom. The first-order valence-electron chi connectivity index (χ1n) is 2.90. The molecule has 1 saturated heterocycles. The van der Waals surface area contributed by atoms with Gasteiger partial charge in [-0.2, -0.15) is 0 Å². The average molecular weight is 206 g/mol. The van der Waals surface area contributed by atoms with Crippen molar-refractivity contribution >= 4 is 29.4 Å². The van der Waals surface area contributed by atoms with Crippen LogP contribution in [0.15, 0.2) is 0 Å². The largest absolute Gasteiger partial charge is 0.328 e. The van der Waals surface area contributed by atoms with Crippen LogP contribution >= 0.6 is 17.2 Å². The van der Waals surface area contributed by atoms with Gasteiger partial charge >= 0.3 is 8.69 Å². The van der Waals surface area contributed by atoms with Gasteiger partial charge in [0.1, 0.15) is 20.9 Å². The van der Waals surface area contributed by atoms with Gasteiger partial charge in [0.05, 0.1) is 0 Å². The summed E-state index contributed by atoms with van der Waals surface area (Å²) >= 11 is 0. The van der Waals surface area contributed by atoms with Crippen molar-refractivity contribution in [3.63, 3.8) is 0 Å². The summed E-state index contributed by atoms with van der Waals surface area (Å²) in [5.41, 5.74) is 0. The molecule has 0 bridgehead atoms. The van der Waals surface area contributed by atoms with Crippen molar-refractivity contribution in [2.45, 2.75) is 12.1 Å². The smallest absolute Gasteiger partial charge is 0.301 e. The van der Waals surface area contributed by atoms with Crippen molar-refractivity contribution in [3.05, 3.63) is 0 Å². The zero-order valence-electron chi connectivity index (χ0n) is 5.71. The van der Waals surface area contributed by atoms with Crippen molar-refractivity contribution in [1.82, 2.24) is 4.67 Å². The van der Waals surface area contributed by atoms with Crippen molar-refractivity contribution in [3.8, 4) is 0 Å². The van der Waals surface area contributed by atoms with Gasteiger partial charge in [-0.05, 0) is 0 Å². The topological polar surface area (TPSA) is 87.5 Å². The molecule has 1 unspecified atom stereocenters. The van der Waals surface area contributed by atoms with Gasteiger partial charge in [-0.3, -0.25) is 19.2 Å². The fourth-order valence-corrected chi connectivity index (χ4v) is 1.70. The minimum absolute atomic E-state index is 0.0535. The van der Waals surface area contributed by atoms with Gasteiger partial charge in [-0.25, -0.2) is 4.57 Å². The second kappa shape index (κ2) is 3.81. The van der Waals surface area contributed by atoms with Crippen LogP contribution in [0.2, 0.25) is 0 Å². The van der Waals surface area contributed by atoms with Gasteiger partial charge in [0.25, 0.3) is 5.91 Å². The molecule has 0 saturated carbocycles. The summed E-state index contributed by atoms with van der Waals surface area (Å²) in [6.07, 6.45) is -0.474. The minimum atomic E-state index is -0.973. The first-order chi connectivity index (χ1) is 5.76. The third-order valence-electron chi connectivity index (χ3n) is 1.47. The molecule has 6 nitrogen and oxygen atoms in total. The molecule has 0 aromatic heterocycles. The van der Waals surface area contributed by atoms with E-state index in [9.17, 15) is 14.2 Å². The molecule has 12 heavy (non-hydrogen) atoms. The van der Waals surface area contributed by atoms with Gasteiger partial charge in [0, 0.05) is 0 Å².